The number of thiophene rings is 1. The Balaban J connectivity index is 1.57. The highest BCUT2D eigenvalue weighted by Gasteiger charge is 2.36. The molecule has 1 aliphatic heterocycles. The van der Waals surface area contributed by atoms with Crippen molar-refractivity contribution in [1.29, 1.82) is 0 Å². The van der Waals surface area contributed by atoms with Crippen LogP contribution in [0.2, 0.25) is 0 Å². The lowest BCUT2D eigenvalue weighted by molar-refractivity contribution is -0.139. The molecule has 15 heteroatoms. The summed E-state index contributed by atoms with van der Waals surface area (Å²) in [5, 5.41) is 0. The number of likely N-dealkylation sites (N-methyl/N-ethyl adjacent to an activating group) is 1. The maximum absolute atomic E-state index is 13.6. The fourth-order valence-corrected chi connectivity index (χ4v) is 8.41. The van der Waals surface area contributed by atoms with Gasteiger partial charge in [-0.2, -0.15) is 26.3 Å². The van der Waals surface area contributed by atoms with Crippen molar-refractivity contribution in [1.82, 2.24) is 4.90 Å². The summed E-state index contributed by atoms with van der Waals surface area (Å²) in [5.41, 5.74) is -1.99. The Hall–Kier alpha value is -1.94. The molecular weight excluding hydrogens is 642 g/mol. The third-order valence-electron chi connectivity index (χ3n) is 5.45. The van der Waals surface area contributed by atoms with Crippen LogP contribution in [0.3, 0.4) is 0 Å². The van der Waals surface area contributed by atoms with E-state index in [1.165, 1.54) is 18.2 Å². The zero-order valence-electron chi connectivity index (χ0n) is 19.4. The van der Waals surface area contributed by atoms with Crippen LogP contribution in [0.25, 0.3) is 0 Å². The minimum Gasteiger partial charge on any atom is -0.488 e. The first-order valence-corrected chi connectivity index (χ1v) is 14.8. The van der Waals surface area contributed by atoms with E-state index in [4.69, 9.17) is 4.74 Å². The molecule has 1 aliphatic rings. The van der Waals surface area contributed by atoms with Gasteiger partial charge in [0, 0.05) is 28.5 Å². The van der Waals surface area contributed by atoms with E-state index < -0.39 is 45.4 Å². The summed E-state index contributed by atoms with van der Waals surface area (Å²) in [6, 6.07) is 8.62. The third-order valence-corrected chi connectivity index (χ3v) is 10.8. The number of alkyl halides is 6. The first kappa shape index (κ1) is 29.1. The van der Waals surface area contributed by atoms with Crippen LogP contribution in [0.1, 0.15) is 17.5 Å². The number of likely N-dealkylation sites (tertiary alicyclic amines) is 1. The fourth-order valence-electron chi connectivity index (χ4n) is 3.67. The Morgan fingerprint density at radius 2 is 1.82 bits per heavy atom. The number of anilines is 1. The molecule has 38 heavy (non-hydrogen) atoms. The molecule has 2 aromatic carbocycles. The number of hydrogen-bond donors (Lipinski definition) is 1. The Morgan fingerprint density at radius 3 is 2.45 bits per heavy atom. The fraction of sp³-hybridized carbons (Fsp3) is 0.304. The highest BCUT2D eigenvalue weighted by atomic mass is 79.9. The van der Waals surface area contributed by atoms with Crippen LogP contribution in [-0.4, -0.2) is 39.6 Å². The van der Waals surface area contributed by atoms with Gasteiger partial charge in [-0.05, 0) is 65.8 Å². The molecule has 5 nitrogen and oxygen atoms in total. The Bertz CT molecular complexity index is 1430. The van der Waals surface area contributed by atoms with Gasteiger partial charge >= 0.3 is 12.4 Å². The molecule has 2 heterocycles. The van der Waals surface area contributed by atoms with Crippen LogP contribution in [0, 0.1) is 0 Å². The first-order valence-electron chi connectivity index (χ1n) is 10.9. The molecule has 0 aliphatic carbocycles. The van der Waals surface area contributed by atoms with Gasteiger partial charge in [0.1, 0.15) is 16.1 Å². The van der Waals surface area contributed by atoms with E-state index in [0.29, 0.717) is 28.2 Å². The lowest BCUT2D eigenvalue weighted by Gasteiger charge is -2.19. The van der Waals surface area contributed by atoms with Crippen LogP contribution in [0.5, 0.6) is 5.75 Å². The Labute approximate surface area is 231 Å². The van der Waals surface area contributed by atoms with E-state index in [1.807, 2.05) is 11.9 Å². The van der Waals surface area contributed by atoms with Crippen molar-refractivity contribution < 1.29 is 39.5 Å². The van der Waals surface area contributed by atoms with E-state index in [0.717, 1.165) is 53.4 Å². The van der Waals surface area contributed by atoms with Crippen LogP contribution < -0.4 is 9.46 Å². The van der Waals surface area contributed by atoms with Gasteiger partial charge in [-0.25, -0.2) is 8.42 Å². The van der Waals surface area contributed by atoms with Gasteiger partial charge in [-0.15, -0.1) is 11.3 Å². The molecule has 0 radical (unpaired) electrons. The van der Waals surface area contributed by atoms with E-state index >= 15 is 0 Å². The summed E-state index contributed by atoms with van der Waals surface area (Å²) in [6.07, 6.45) is -9.18. The van der Waals surface area contributed by atoms with Gasteiger partial charge < -0.3 is 9.64 Å². The van der Waals surface area contributed by atoms with Crippen LogP contribution in [0.15, 0.2) is 66.3 Å². The predicted octanol–water partition coefficient (Wildman–Crippen LogP) is 7.58. The Morgan fingerprint density at radius 1 is 1.08 bits per heavy atom. The third kappa shape index (κ3) is 6.97. The van der Waals surface area contributed by atoms with E-state index in [2.05, 4.69) is 20.7 Å². The molecular formula is C23H19BrF6N2O3S3. The lowest BCUT2D eigenvalue weighted by Crippen LogP contribution is -2.23. The zero-order valence-corrected chi connectivity index (χ0v) is 23.4. The molecule has 1 unspecified atom stereocenters. The monoisotopic (exact) mass is 660 g/mol. The van der Waals surface area contributed by atoms with Crippen molar-refractivity contribution in [2.75, 3.05) is 24.9 Å². The van der Waals surface area contributed by atoms with Crippen molar-refractivity contribution >= 4 is 54.7 Å². The summed E-state index contributed by atoms with van der Waals surface area (Å²) in [7, 11) is -2.42. The molecule has 1 fully saturated rings. The highest BCUT2D eigenvalue weighted by molar-refractivity contribution is 9.10. The minimum atomic E-state index is -4.70. The summed E-state index contributed by atoms with van der Waals surface area (Å²) < 4.78 is 114. The Kier molecular flexibility index (Phi) is 8.34. The van der Waals surface area contributed by atoms with Crippen LogP contribution in [-0.2, 0) is 22.4 Å². The molecule has 206 valence electrons. The van der Waals surface area contributed by atoms with E-state index in [1.54, 1.807) is 0 Å². The van der Waals surface area contributed by atoms with Gasteiger partial charge in [-0.3, -0.25) is 4.72 Å². The van der Waals surface area contributed by atoms with E-state index in [9.17, 15) is 34.8 Å². The molecule has 1 atom stereocenters. The summed E-state index contributed by atoms with van der Waals surface area (Å²) in [6.45, 7) is 1.09. The molecule has 0 amide bonds. The van der Waals surface area contributed by atoms with Crippen molar-refractivity contribution in [3.8, 4) is 5.75 Å². The molecule has 0 spiro atoms. The number of nitrogens with one attached hydrogen (secondary N) is 1. The average Bonchev–Trinajstić information content (AvgIpc) is 3.38. The number of ether oxygens (including phenoxy) is 1. The average molecular weight is 662 g/mol. The largest absolute Gasteiger partial charge is 0.488 e. The van der Waals surface area contributed by atoms with Gasteiger partial charge in [-0.1, -0.05) is 17.8 Å². The molecule has 1 aromatic heterocycles. The maximum atomic E-state index is 13.6. The van der Waals surface area contributed by atoms with Gasteiger partial charge in [0.2, 0.25) is 0 Å². The standard InChI is InChI=1S/C23H19BrF6N2O3S3/c1-32-8-7-15(12-32)35-19-10-14(5-6-17(19)23(28,29)30)31-38(33,34)20-11-18(24)21(37-20)36-16-4-2-3-13(9-16)22(25,26)27/h2-6,9-11,15,31H,7-8,12H2,1H3. The smallest absolute Gasteiger partial charge is 0.419 e. The second kappa shape index (κ2) is 10.9. The molecule has 3 aromatic rings. The van der Waals surface area contributed by atoms with Crippen molar-refractivity contribution in [3.05, 3.63) is 64.1 Å². The van der Waals surface area contributed by atoms with Crippen molar-refractivity contribution in [2.45, 2.75) is 38.2 Å². The number of benzene rings is 2. The number of halogens is 7. The highest BCUT2D eigenvalue weighted by Crippen LogP contribution is 2.44. The second-order valence-electron chi connectivity index (χ2n) is 8.43. The topological polar surface area (TPSA) is 58.6 Å². The first-order chi connectivity index (χ1) is 17.6. The molecule has 4 rings (SSSR count). The predicted molar refractivity (Wildman–Crippen MR) is 136 cm³/mol. The molecule has 1 N–H and O–H groups in total. The summed E-state index contributed by atoms with van der Waals surface area (Å²) >= 11 is 4.98. The molecule has 0 saturated carbocycles. The number of sulfonamides is 1. The second-order valence-corrected chi connectivity index (χ2v) is 13.6. The van der Waals surface area contributed by atoms with Gasteiger partial charge in [0.05, 0.1) is 21.0 Å². The van der Waals surface area contributed by atoms with Crippen LogP contribution in [0.4, 0.5) is 32.0 Å². The van der Waals surface area contributed by atoms with Crippen molar-refractivity contribution in [3.63, 3.8) is 0 Å². The molecule has 0 bridgehead atoms. The number of rotatable bonds is 7. The number of hydrogen-bond acceptors (Lipinski definition) is 6. The van der Waals surface area contributed by atoms with Gasteiger partial charge in [0.25, 0.3) is 10.0 Å². The van der Waals surface area contributed by atoms with Crippen LogP contribution >= 0.6 is 39.0 Å². The lowest BCUT2D eigenvalue weighted by atomic mass is 10.1. The maximum Gasteiger partial charge on any atom is 0.419 e. The van der Waals surface area contributed by atoms with Gasteiger partial charge in [0.15, 0.2) is 0 Å². The minimum absolute atomic E-state index is 0.129. The SMILES string of the molecule is CN1CCC(Oc2cc(NS(=O)(=O)c3cc(Br)c(Sc4cccc(C(F)(F)F)c4)s3)ccc2C(F)(F)F)C1. The van der Waals surface area contributed by atoms with Crippen molar-refractivity contribution in [2.24, 2.45) is 0 Å². The number of nitrogens with zero attached hydrogens (tertiary/aromatic N) is 1. The molecule has 1 saturated heterocycles. The summed E-state index contributed by atoms with van der Waals surface area (Å²) in [4.78, 5) is 2.16. The normalized spacial score (nSPS) is 17.1. The zero-order chi connectivity index (χ0) is 27.9. The van der Waals surface area contributed by atoms with E-state index in [-0.39, 0.29) is 14.8 Å². The quantitative estimate of drug-likeness (QED) is 0.265. The summed E-state index contributed by atoms with van der Waals surface area (Å²) in [5.74, 6) is -0.480.